The minimum atomic E-state index is -0.0578. The minimum absolute atomic E-state index is 0.0578. The normalized spacial score (nSPS) is 12.5. The van der Waals surface area contributed by atoms with Crippen LogP contribution in [-0.4, -0.2) is 15.0 Å². The second kappa shape index (κ2) is 8.55. The molecule has 1 atom stereocenters. The number of aromatic nitrogens is 3. The zero-order valence-corrected chi connectivity index (χ0v) is 18.3. The molecule has 3 aromatic heterocycles. The Morgan fingerprint density at radius 1 is 1.28 bits per heavy atom. The van der Waals surface area contributed by atoms with Crippen molar-refractivity contribution < 1.29 is 4.42 Å². The van der Waals surface area contributed by atoms with Crippen LogP contribution in [0, 0.1) is 12.8 Å². The summed E-state index contributed by atoms with van der Waals surface area (Å²) >= 11 is 3.03. The molecule has 5 nitrogen and oxygen atoms in total. The molecule has 0 spiro atoms. The molecule has 150 valence electrons. The molecule has 0 aliphatic rings. The Labute approximate surface area is 177 Å². The van der Waals surface area contributed by atoms with Crippen molar-refractivity contribution in [1.29, 1.82) is 0 Å². The molecule has 1 N–H and O–H groups in total. The third-order valence-electron chi connectivity index (χ3n) is 5.03. The summed E-state index contributed by atoms with van der Waals surface area (Å²) < 4.78 is 5.84. The molecule has 0 fully saturated rings. The number of thioether (sulfide) groups is 1. The highest BCUT2D eigenvalue weighted by molar-refractivity contribution is 7.98. The lowest BCUT2D eigenvalue weighted by atomic mass is 9.98. The number of hydrogen-bond donors (Lipinski definition) is 1. The Kier molecular flexibility index (Phi) is 5.87. The fourth-order valence-electron chi connectivity index (χ4n) is 3.21. The van der Waals surface area contributed by atoms with Gasteiger partial charge in [0.15, 0.2) is 10.9 Å². The second-order valence-electron chi connectivity index (χ2n) is 7.18. The second-order valence-corrected chi connectivity index (χ2v) is 9.35. The van der Waals surface area contributed by atoms with Crippen molar-refractivity contribution in [3.8, 4) is 11.3 Å². The van der Waals surface area contributed by atoms with E-state index in [0.717, 1.165) is 39.9 Å². The van der Waals surface area contributed by atoms with Gasteiger partial charge in [-0.05, 0) is 24.8 Å². The molecule has 0 bridgehead atoms. The highest BCUT2D eigenvalue weighted by Crippen LogP contribution is 2.31. The van der Waals surface area contributed by atoms with Gasteiger partial charge in [-0.15, -0.1) is 11.3 Å². The summed E-state index contributed by atoms with van der Waals surface area (Å²) in [6, 6.07) is 9.87. The Hall–Kier alpha value is -2.38. The highest BCUT2D eigenvalue weighted by Gasteiger charge is 2.17. The molecule has 0 aliphatic carbocycles. The molecular formula is C22H23N3O2S2. The lowest BCUT2D eigenvalue weighted by molar-refractivity contribution is 0.530. The van der Waals surface area contributed by atoms with Gasteiger partial charge in [0.25, 0.3) is 5.56 Å². The van der Waals surface area contributed by atoms with E-state index >= 15 is 0 Å². The molecular weight excluding hydrogens is 402 g/mol. The Bertz CT molecular complexity index is 1180. The number of aryl methyl sites for hydroxylation is 1. The Balaban J connectivity index is 1.54. The van der Waals surface area contributed by atoms with E-state index in [2.05, 4.69) is 35.7 Å². The average Bonchev–Trinajstić information content (AvgIpc) is 3.32. The number of fused-ring (bicyclic) bond motifs is 1. The van der Waals surface area contributed by atoms with Gasteiger partial charge in [-0.3, -0.25) is 4.79 Å². The van der Waals surface area contributed by atoms with Crippen LogP contribution in [0.5, 0.6) is 0 Å². The summed E-state index contributed by atoms with van der Waals surface area (Å²) in [5.41, 5.74) is 2.08. The van der Waals surface area contributed by atoms with Gasteiger partial charge in [0.1, 0.15) is 4.83 Å². The van der Waals surface area contributed by atoms with Gasteiger partial charge in [0.2, 0.25) is 5.89 Å². The summed E-state index contributed by atoms with van der Waals surface area (Å²) in [6.45, 7) is 6.47. The lowest BCUT2D eigenvalue weighted by Gasteiger charge is -2.08. The molecule has 3 heterocycles. The Morgan fingerprint density at radius 3 is 2.83 bits per heavy atom. The van der Waals surface area contributed by atoms with E-state index in [0.29, 0.717) is 22.7 Å². The predicted molar refractivity (Wildman–Crippen MR) is 120 cm³/mol. The van der Waals surface area contributed by atoms with Gasteiger partial charge in [0, 0.05) is 10.4 Å². The summed E-state index contributed by atoms with van der Waals surface area (Å²) in [7, 11) is 0. The van der Waals surface area contributed by atoms with Crippen LogP contribution < -0.4 is 5.56 Å². The predicted octanol–water partition coefficient (Wildman–Crippen LogP) is 5.83. The molecule has 0 radical (unpaired) electrons. The number of aromatic amines is 1. The number of thiophene rings is 1. The maximum Gasteiger partial charge on any atom is 0.260 e. The van der Waals surface area contributed by atoms with Crippen LogP contribution in [0.15, 0.2) is 50.9 Å². The lowest BCUT2D eigenvalue weighted by Crippen LogP contribution is -2.11. The van der Waals surface area contributed by atoms with Crippen molar-refractivity contribution in [1.82, 2.24) is 15.0 Å². The summed E-state index contributed by atoms with van der Waals surface area (Å²) in [6.07, 6.45) is 3.74. The van der Waals surface area contributed by atoms with Gasteiger partial charge in [-0.1, -0.05) is 62.4 Å². The van der Waals surface area contributed by atoms with Crippen molar-refractivity contribution in [3.05, 3.63) is 63.2 Å². The van der Waals surface area contributed by atoms with Crippen molar-refractivity contribution in [2.45, 2.75) is 44.5 Å². The molecule has 29 heavy (non-hydrogen) atoms. The molecule has 7 heteroatoms. The van der Waals surface area contributed by atoms with Crippen LogP contribution in [0.2, 0.25) is 0 Å². The maximum atomic E-state index is 12.8. The fraction of sp³-hybridized carbons (Fsp3) is 0.318. The van der Waals surface area contributed by atoms with E-state index in [1.165, 1.54) is 16.6 Å². The summed E-state index contributed by atoms with van der Waals surface area (Å²) in [5.74, 6) is 2.40. The maximum absolute atomic E-state index is 12.8. The standard InChI is InChI=1S/C22H23N3O2S2/c1-4-13(2)10-16-14(3)29-21-19(16)20(26)24-22(25-21)28-12-18-23-11-17(27-18)15-8-6-5-7-9-15/h5-9,11,13H,4,10,12H2,1-3H3,(H,24,25,26). The third-order valence-corrected chi connectivity index (χ3v) is 6.93. The number of benzene rings is 1. The smallest absolute Gasteiger partial charge is 0.260 e. The van der Waals surface area contributed by atoms with Crippen molar-refractivity contribution in [2.24, 2.45) is 5.92 Å². The van der Waals surface area contributed by atoms with Crippen LogP contribution in [0.4, 0.5) is 0 Å². The van der Waals surface area contributed by atoms with E-state index < -0.39 is 0 Å². The molecule has 0 saturated carbocycles. The van der Waals surface area contributed by atoms with Crippen molar-refractivity contribution >= 4 is 33.3 Å². The first-order valence-electron chi connectivity index (χ1n) is 9.70. The first-order valence-corrected chi connectivity index (χ1v) is 11.5. The number of hydrogen-bond acceptors (Lipinski definition) is 6. The summed E-state index contributed by atoms with van der Waals surface area (Å²) in [4.78, 5) is 26.7. The minimum Gasteiger partial charge on any atom is -0.440 e. The summed E-state index contributed by atoms with van der Waals surface area (Å²) in [5, 5.41) is 1.35. The molecule has 0 amide bonds. The number of oxazole rings is 1. The van der Waals surface area contributed by atoms with E-state index in [1.807, 2.05) is 30.3 Å². The number of nitrogens with zero attached hydrogens (tertiary/aromatic N) is 2. The zero-order valence-electron chi connectivity index (χ0n) is 16.7. The van der Waals surface area contributed by atoms with Gasteiger partial charge in [0.05, 0.1) is 17.3 Å². The van der Waals surface area contributed by atoms with E-state index in [-0.39, 0.29) is 5.56 Å². The molecule has 0 aliphatic heterocycles. The van der Waals surface area contributed by atoms with E-state index in [1.54, 1.807) is 17.5 Å². The number of H-pyrrole nitrogens is 1. The zero-order chi connectivity index (χ0) is 20.4. The van der Waals surface area contributed by atoms with Crippen molar-refractivity contribution in [2.75, 3.05) is 0 Å². The van der Waals surface area contributed by atoms with Crippen LogP contribution >= 0.6 is 23.1 Å². The average molecular weight is 426 g/mol. The first kappa shape index (κ1) is 19.9. The van der Waals surface area contributed by atoms with Crippen molar-refractivity contribution in [3.63, 3.8) is 0 Å². The van der Waals surface area contributed by atoms with Gasteiger partial charge >= 0.3 is 0 Å². The van der Waals surface area contributed by atoms with Crippen LogP contribution in [0.25, 0.3) is 21.5 Å². The topological polar surface area (TPSA) is 71.8 Å². The first-order chi connectivity index (χ1) is 14.0. The number of rotatable bonds is 7. The van der Waals surface area contributed by atoms with Gasteiger partial charge in [-0.25, -0.2) is 9.97 Å². The van der Waals surface area contributed by atoms with E-state index in [9.17, 15) is 4.79 Å². The quantitative estimate of drug-likeness (QED) is 0.298. The highest BCUT2D eigenvalue weighted by atomic mass is 32.2. The SMILES string of the molecule is CCC(C)Cc1c(C)sc2nc(SCc3ncc(-c4ccccc4)o3)[nH]c(=O)c12. The Morgan fingerprint density at radius 2 is 2.07 bits per heavy atom. The number of nitrogens with one attached hydrogen (secondary N) is 1. The molecule has 1 unspecified atom stereocenters. The van der Waals surface area contributed by atoms with Crippen LogP contribution in [0.1, 0.15) is 36.6 Å². The van der Waals surface area contributed by atoms with Gasteiger partial charge in [-0.2, -0.15) is 0 Å². The van der Waals surface area contributed by atoms with Gasteiger partial charge < -0.3 is 9.40 Å². The molecule has 1 aromatic carbocycles. The monoisotopic (exact) mass is 425 g/mol. The fourth-order valence-corrected chi connectivity index (χ4v) is 5.03. The van der Waals surface area contributed by atoms with Crippen LogP contribution in [-0.2, 0) is 12.2 Å². The molecule has 4 aromatic rings. The van der Waals surface area contributed by atoms with Crippen LogP contribution in [0.3, 0.4) is 0 Å². The van der Waals surface area contributed by atoms with E-state index in [4.69, 9.17) is 4.42 Å². The molecule has 4 rings (SSSR count). The molecule has 0 saturated heterocycles. The largest absolute Gasteiger partial charge is 0.440 e. The third kappa shape index (κ3) is 4.31.